The normalized spacial score (nSPS) is 10.8. The van der Waals surface area contributed by atoms with Crippen LogP contribution in [-0.4, -0.2) is 15.3 Å². The van der Waals surface area contributed by atoms with Crippen molar-refractivity contribution in [2.24, 2.45) is 0 Å². The van der Waals surface area contributed by atoms with Gasteiger partial charge in [-0.1, -0.05) is 35.9 Å². The minimum Gasteiger partial charge on any atom is -0.507 e. The van der Waals surface area contributed by atoms with Crippen LogP contribution in [0.1, 0.15) is 17.4 Å². The Balaban J connectivity index is 2.50. The predicted molar refractivity (Wildman–Crippen MR) is 65.5 cm³/mol. The smallest absolute Gasteiger partial charge is 0.182 e. The molecule has 17 heavy (non-hydrogen) atoms. The van der Waals surface area contributed by atoms with Gasteiger partial charge in [0, 0.05) is 5.56 Å². The lowest BCUT2D eigenvalue weighted by Gasteiger charge is -2.09. The minimum atomic E-state index is -1.67. The summed E-state index contributed by atoms with van der Waals surface area (Å²) in [6.45, 7) is 1.99. The van der Waals surface area contributed by atoms with Gasteiger partial charge in [0.15, 0.2) is 6.29 Å². The van der Waals surface area contributed by atoms with Crippen molar-refractivity contribution in [2.45, 2.75) is 13.2 Å². The van der Waals surface area contributed by atoms with E-state index in [1.807, 2.05) is 31.2 Å². The summed E-state index contributed by atoms with van der Waals surface area (Å²) in [7, 11) is 0. The average Bonchev–Trinajstić information content (AvgIpc) is 2.29. The molecule has 0 atom stereocenters. The van der Waals surface area contributed by atoms with Crippen LogP contribution in [0, 0.1) is 6.92 Å². The first-order valence-electron chi connectivity index (χ1n) is 5.34. The number of aryl methyl sites for hydroxylation is 1. The average molecular weight is 230 g/mol. The highest BCUT2D eigenvalue weighted by Crippen LogP contribution is 2.29. The monoisotopic (exact) mass is 230 g/mol. The third kappa shape index (κ3) is 2.46. The van der Waals surface area contributed by atoms with E-state index in [-0.39, 0.29) is 11.3 Å². The molecule has 3 heteroatoms. The van der Waals surface area contributed by atoms with Crippen molar-refractivity contribution in [3.63, 3.8) is 0 Å². The maximum atomic E-state index is 9.49. The van der Waals surface area contributed by atoms with Crippen molar-refractivity contribution in [3.8, 4) is 16.9 Å². The van der Waals surface area contributed by atoms with Gasteiger partial charge in [0.1, 0.15) is 5.75 Å². The van der Waals surface area contributed by atoms with Gasteiger partial charge in [0.05, 0.1) is 0 Å². The molecule has 3 nitrogen and oxygen atoms in total. The van der Waals surface area contributed by atoms with E-state index in [2.05, 4.69) is 0 Å². The van der Waals surface area contributed by atoms with Crippen molar-refractivity contribution in [3.05, 3.63) is 53.6 Å². The number of aromatic hydroxyl groups is 1. The van der Waals surface area contributed by atoms with E-state index in [1.54, 1.807) is 12.1 Å². The molecule has 2 aromatic carbocycles. The van der Waals surface area contributed by atoms with E-state index in [0.717, 1.165) is 16.7 Å². The Kier molecular flexibility index (Phi) is 3.13. The van der Waals surface area contributed by atoms with Gasteiger partial charge in [-0.15, -0.1) is 0 Å². The van der Waals surface area contributed by atoms with Crippen LogP contribution in [0.4, 0.5) is 0 Å². The number of hydrogen-bond donors (Lipinski definition) is 3. The zero-order valence-electron chi connectivity index (χ0n) is 9.46. The lowest BCUT2D eigenvalue weighted by Crippen LogP contribution is -1.95. The fraction of sp³-hybridized carbons (Fsp3) is 0.143. The Hall–Kier alpha value is -1.84. The second-order valence-electron chi connectivity index (χ2n) is 4.02. The van der Waals surface area contributed by atoms with Crippen LogP contribution in [0.25, 0.3) is 11.1 Å². The number of aliphatic hydroxyl groups excluding tert-OH is 1. The van der Waals surface area contributed by atoms with Crippen LogP contribution in [0.3, 0.4) is 0 Å². The number of phenols is 1. The van der Waals surface area contributed by atoms with Crippen molar-refractivity contribution >= 4 is 0 Å². The standard InChI is InChI=1S/C14H14O3/c1-9-3-2-4-10(7-9)11-5-6-13(15)12(8-11)14(16)17/h2-8,14-17H,1H3. The molecule has 0 saturated carbocycles. The van der Waals surface area contributed by atoms with Gasteiger partial charge in [-0.25, -0.2) is 0 Å². The highest BCUT2D eigenvalue weighted by atomic mass is 16.5. The highest BCUT2D eigenvalue weighted by molar-refractivity contribution is 5.66. The lowest BCUT2D eigenvalue weighted by molar-refractivity contribution is -0.0438. The molecule has 0 aliphatic carbocycles. The first kappa shape index (κ1) is 11.6. The fourth-order valence-corrected chi connectivity index (χ4v) is 1.77. The van der Waals surface area contributed by atoms with Crippen molar-refractivity contribution < 1.29 is 15.3 Å². The Bertz CT molecular complexity index is 533. The molecule has 0 aliphatic heterocycles. The third-order valence-electron chi connectivity index (χ3n) is 2.66. The Morgan fingerprint density at radius 3 is 2.29 bits per heavy atom. The molecule has 0 heterocycles. The van der Waals surface area contributed by atoms with Crippen LogP contribution in [0.2, 0.25) is 0 Å². The summed E-state index contributed by atoms with van der Waals surface area (Å²) in [5, 5.41) is 27.7. The summed E-state index contributed by atoms with van der Waals surface area (Å²) < 4.78 is 0. The quantitative estimate of drug-likeness (QED) is 0.694. The van der Waals surface area contributed by atoms with Gasteiger partial charge in [0.2, 0.25) is 0 Å². The molecule has 0 amide bonds. The Morgan fingerprint density at radius 2 is 1.65 bits per heavy atom. The molecule has 0 saturated heterocycles. The summed E-state index contributed by atoms with van der Waals surface area (Å²) in [4.78, 5) is 0. The molecule has 0 bridgehead atoms. The molecule has 0 spiro atoms. The molecule has 2 rings (SSSR count). The lowest BCUT2D eigenvalue weighted by atomic mass is 10.0. The Morgan fingerprint density at radius 1 is 0.941 bits per heavy atom. The number of aliphatic hydroxyl groups is 2. The largest absolute Gasteiger partial charge is 0.507 e. The van der Waals surface area contributed by atoms with E-state index in [1.165, 1.54) is 6.07 Å². The Labute approximate surface area is 99.6 Å². The van der Waals surface area contributed by atoms with E-state index >= 15 is 0 Å². The second kappa shape index (κ2) is 4.57. The number of hydrogen-bond acceptors (Lipinski definition) is 3. The summed E-state index contributed by atoms with van der Waals surface area (Å²) in [6, 6.07) is 12.7. The van der Waals surface area contributed by atoms with Crippen LogP contribution >= 0.6 is 0 Å². The summed E-state index contributed by atoms with van der Waals surface area (Å²) in [6.07, 6.45) is -1.67. The van der Waals surface area contributed by atoms with Crippen LogP contribution in [-0.2, 0) is 0 Å². The van der Waals surface area contributed by atoms with Crippen molar-refractivity contribution in [2.75, 3.05) is 0 Å². The molecule has 3 N–H and O–H groups in total. The maximum Gasteiger partial charge on any atom is 0.182 e. The summed E-state index contributed by atoms with van der Waals surface area (Å²) in [5.41, 5.74) is 3.06. The topological polar surface area (TPSA) is 60.7 Å². The van der Waals surface area contributed by atoms with E-state index < -0.39 is 6.29 Å². The van der Waals surface area contributed by atoms with Crippen LogP contribution in [0.15, 0.2) is 42.5 Å². The highest BCUT2D eigenvalue weighted by Gasteiger charge is 2.10. The zero-order valence-corrected chi connectivity index (χ0v) is 9.46. The molecule has 0 aromatic heterocycles. The third-order valence-corrected chi connectivity index (χ3v) is 2.66. The molecule has 0 unspecified atom stereocenters. The molecular weight excluding hydrogens is 216 g/mol. The van der Waals surface area contributed by atoms with Gasteiger partial charge in [-0.05, 0) is 30.2 Å². The van der Waals surface area contributed by atoms with Crippen molar-refractivity contribution in [1.82, 2.24) is 0 Å². The maximum absolute atomic E-state index is 9.49. The summed E-state index contributed by atoms with van der Waals surface area (Å²) >= 11 is 0. The molecule has 2 aromatic rings. The predicted octanol–water partition coefficient (Wildman–Crippen LogP) is 2.35. The summed E-state index contributed by atoms with van der Waals surface area (Å²) in [5.74, 6) is -0.114. The fourth-order valence-electron chi connectivity index (χ4n) is 1.77. The minimum absolute atomic E-state index is 0.114. The molecular formula is C14H14O3. The zero-order chi connectivity index (χ0) is 12.4. The first-order chi connectivity index (χ1) is 8.08. The molecule has 0 aliphatic rings. The molecule has 0 fully saturated rings. The van der Waals surface area contributed by atoms with Gasteiger partial charge in [-0.2, -0.15) is 0 Å². The van der Waals surface area contributed by atoms with Crippen molar-refractivity contribution in [1.29, 1.82) is 0 Å². The van der Waals surface area contributed by atoms with E-state index in [4.69, 9.17) is 10.2 Å². The van der Waals surface area contributed by atoms with Gasteiger partial charge in [0.25, 0.3) is 0 Å². The SMILES string of the molecule is Cc1cccc(-c2ccc(O)c(C(O)O)c2)c1. The number of benzene rings is 2. The van der Waals surface area contributed by atoms with Gasteiger partial charge >= 0.3 is 0 Å². The second-order valence-corrected chi connectivity index (χ2v) is 4.02. The molecule has 0 radical (unpaired) electrons. The van der Waals surface area contributed by atoms with Gasteiger partial charge in [-0.3, -0.25) is 0 Å². The van der Waals surface area contributed by atoms with Gasteiger partial charge < -0.3 is 15.3 Å². The van der Waals surface area contributed by atoms with Crippen LogP contribution in [0.5, 0.6) is 5.75 Å². The number of rotatable bonds is 2. The molecule has 88 valence electrons. The first-order valence-corrected chi connectivity index (χ1v) is 5.34. The van der Waals surface area contributed by atoms with E-state index in [9.17, 15) is 5.11 Å². The number of phenolic OH excluding ortho intramolecular Hbond substituents is 1. The van der Waals surface area contributed by atoms with E-state index in [0.29, 0.717) is 0 Å². The van der Waals surface area contributed by atoms with Crippen LogP contribution < -0.4 is 0 Å².